The normalized spacial score (nSPS) is 14.5. The zero-order chi connectivity index (χ0) is 20.6. The molecule has 1 heterocycles. The summed E-state index contributed by atoms with van der Waals surface area (Å²) in [4.78, 5) is 15.0. The highest BCUT2D eigenvalue weighted by Crippen LogP contribution is 2.34. The van der Waals surface area contributed by atoms with Crippen LogP contribution >= 0.6 is 0 Å². The summed E-state index contributed by atoms with van der Waals surface area (Å²) in [5.41, 5.74) is 2.26. The number of likely N-dealkylation sites (N-methyl/N-ethyl adjacent to an activating group) is 1. The van der Waals surface area contributed by atoms with Crippen LogP contribution in [-0.2, 0) is 11.3 Å². The Morgan fingerprint density at radius 1 is 1.07 bits per heavy atom. The van der Waals surface area contributed by atoms with Crippen LogP contribution in [0.25, 0.3) is 0 Å². The Kier molecular flexibility index (Phi) is 7.53. The molecular weight excluding hydrogens is 364 g/mol. The maximum absolute atomic E-state index is 12.8. The summed E-state index contributed by atoms with van der Waals surface area (Å²) in [6.45, 7) is 9.61. The summed E-state index contributed by atoms with van der Waals surface area (Å²) >= 11 is 0. The largest absolute Gasteiger partial charge is 0.490 e. The number of hydrogen-bond acceptors (Lipinski definition) is 4. The molecule has 0 saturated heterocycles. The molecule has 1 unspecified atom stereocenters. The van der Waals surface area contributed by atoms with Crippen molar-refractivity contribution in [3.63, 3.8) is 0 Å². The maximum Gasteiger partial charge on any atom is 0.234 e. The highest BCUT2D eigenvalue weighted by atomic mass is 16.5. The number of carbonyl (C=O) groups is 1. The molecular formula is C24H32N2O3. The Balaban J connectivity index is 1.66. The summed E-state index contributed by atoms with van der Waals surface area (Å²) in [5, 5.41) is 3.23. The second-order valence-corrected chi connectivity index (χ2v) is 7.83. The van der Waals surface area contributed by atoms with Crippen LogP contribution in [0.3, 0.4) is 0 Å². The number of nitrogens with one attached hydrogen (secondary N) is 1. The Morgan fingerprint density at radius 3 is 2.48 bits per heavy atom. The monoisotopic (exact) mass is 396 g/mol. The fraction of sp³-hybridized carbons (Fsp3) is 0.458. The van der Waals surface area contributed by atoms with Gasteiger partial charge in [-0.05, 0) is 35.7 Å². The summed E-state index contributed by atoms with van der Waals surface area (Å²) in [6, 6.07) is 16.2. The minimum atomic E-state index is -0.0740. The zero-order valence-corrected chi connectivity index (χ0v) is 17.7. The van der Waals surface area contributed by atoms with E-state index in [0.29, 0.717) is 19.8 Å². The van der Waals surface area contributed by atoms with Crippen molar-refractivity contribution < 1.29 is 14.3 Å². The average Bonchev–Trinajstić information content (AvgIpc) is 2.97. The maximum atomic E-state index is 12.8. The number of nitrogens with zero attached hydrogens (tertiary/aromatic N) is 1. The Labute approximate surface area is 174 Å². The summed E-state index contributed by atoms with van der Waals surface area (Å²) < 4.78 is 11.6. The lowest BCUT2D eigenvalue weighted by Gasteiger charge is -2.26. The molecule has 2 aromatic rings. The number of benzene rings is 2. The van der Waals surface area contributed by atoms with Gasteiger partial charge in [-0.25, -0.2) is 0 Å². The quantitative estimate of drug-likeness (QED) is 0.727. The van der Waals surface area contributed by atoms with Gasteiger partial charge >= 0.3 is 0 Å². The van der Waals surface area contributed by atoms with Gasteiger partial charge in [0.05, 0.1) is 25.8 Å². The lowest BCUT2D eigenvalue weighted by Crippen LogP contribution is -2.40. The number of rotatable bonds is 8. The van der Waals surface area contributed by atoms with Crippen LogP contribution in [-0.4, -0.2) is 37.1 Å². The van der Waals surface area contributed by atoms with Crippen LogP contribution in [0.4, 0.5) is 0 Å². The van der Waals surface area contributed by atoms with Crippen LogP contribution < -0.4 is 14.8 Å². The van der Waals surface area contributed by atoms with Gasteiger partial charge in [-0.15, -0.1) is 0 Å². The minimum Gasteiger partial charge on any atom is -0.490 e. The summed E-state index contributed by atoms with van der Waals surface area (Å²) in [6.07, 6.45) is 0.878. The first-order valence-electron chi connectivity index (χ1n) is 10.5. The van der Waals surface area contributed by atoms with E-state index in [4.69, 9.17) is 9.47 Å². The first kappa shape index (κ1) is 21.2. The van der Waals surface area contributed by atoms with Crippen molar-refractivity contribution in [3.8, 4) is 11.5 Å². The van der Waals surface area contributed by atoms with Crippen molar-refractivity contribution >= 4 is 5.91 Å². The van der Waals surface area contributed by atoms with Gasteiger partial charge in [0.25, 0.3) is 0 Å². The molecule has 1 aliphatic rings. The average molecular weight is 397 g/mol. The topological polar surface area (TPSA) is 50.8 Å². The molecule has 0 saturated carbocycles. The molecule has 0 bridgehead atoms. The molecule has 1 amide bonds. The molecule has 0 fully saturated rings. The molecule has 1 atom stereocenters. The predicted molar refractivity (Wildman–Crippen MR) is 115 cm³/mol. The van der Waals surface area contributed by atoms with Gasteiger partial charge in [0.2, 0.25) is 5.91 Å². The van der Waals surface area contributed by atoms with Gasteiger partial charge in [-0.3, -0.25) is 9.69 Å². The Morgan fingerprint density at radius 2 is 1.79 bits per heavy atom. The SMILES string of the molecule is CCN(CC(=O)NC(c1ccc2c(c1)OCCCO2)C(C)C)Cc1ccccc1. The molecule has 0 aliphatic carbocycles. The Bertz CT molecular complexity index is 792. The van der Waals surface area contributed by atoms with Crippen molar-refractivity contribution in [3.05, 3.63) is 59.7 Å². The molecule has 0 radical (unpaired) electrons. The number of hydrogen-bond donors (Lipinski definition) is 1. The molecule has 0 aromatic heterocycles. The van der Waals surface area contributed by atoms with Crippen LogP contribution in [0.15, 0.2) is 48.5 Å². The van der Waals surface area contributed by atoms with Crippen molar-refractivity contribution in [1.82, 2.24) is 10.2 Å². The second kappa shape index (κ2) is 10.3. The van der Waals surface area contributed by atoms with E-state index in [-0.39, 0.29) is 17.9 Å². The van der Waals surface area contributed by atoms with Gasteiger partial charge in [-0.1, -0.05) is 57.2 Å². The number of ether oxygens (including phenoxy) is 2. The number of carbonyl (C=O) groups excluding carboxylic acids is 1. The molecule has 5 heteroatoms. The van der Waals surface area contributed by atoms with Crippen molar-refractivity contribution in [2.45, 2.75) is 39.8 Å². The van der Waals surface area contributed by atoms with Gasteiger partial charge in [0, 0.05) is 13.0 Å². The number of fused-ring (bicyclic) bond motifs is 1. The molecule has 29 heavy (non-hydrogen) atoms. The molecule has 5 nitrogen and oxygen atoms in total. The van der Waals surface area contributed by atoms with Crippen LogP contribution in [0.5, 0.6) is 11.5 Å². The van der Waals surface area contributed by atoms with Crippen LogP contribution in [0, 0.1) is 5.92 Å². The fourth-order valence-corrected chi connectivity index (χ4v) is 3.55. The van der Waals surface area contributed by atoms with E-state index >= 15 is 0 Å². The van der Waals surface area contributed by atoms with E-state index in [2.05, 4.69) is 43.1 Å². The third kappa shape index (κ3) is 5.97. The third-order valence-corrected chi connectivity index (χ3v) is 5.18. The van der Waals surface area contributed by atoms with Crippen molar-refractivity contribution in [2.75, 3.05) is 26.3 Å². The van der Waals surface area contributed by atoms with Crippen molar-refractivity contribution in [1.29, 1.82) is 0 Å². The van der Waals surface area contributed by atoms with E-state index in [9.17, 15) is 4.79 Å². The van der Waals surface area contributed by atoms with E-state index in [1.54, 1.807) is 0 Å². The van der Waals surface area contributed by atoms with E-state index < -0.39 is 0 Å². The number of amides is 1. The molecule has 1 N–H and O–H groups in total. The van der Waals surface area contributed by atoms with Gasteiger partial charge < -0.3 is 14.8 Å². The van der Waals surface area contributed by atoms with E-state index in [1.165, 1.54) is 5.56 Å². The fourth-order valence-electron chi connectivity index (χ4n) is 3.55. The second-order valence-electron chi connectivity index (χ2n) is 7.83. The molecule has 0 spiro atoms. The van der Waals surface area contributed by atoms with Crippen LogP contribution in [0.2, 0.25) is 0 Å². The first-order valence-corrected chi connectivity index (χ1v) is 10.5. The lowest BCUT2D eigenvalue weighted by molar-refractivity contribution is -0.123. The van der Waals surface area contributed by atoms with Gasteiger partial charge in [0.15, 0.2) is 11.5 Å². The van der Waals surface area contributed by atoms with Crippen LogP contribution in [0.1, 0.15) is 44.4 Å². The Hall–Kier alpha value is -2.53. The summed E-state index contributed by atoms with van der Waals surface area (Å²) in [7, 11) is 0. The molecule has 1 aliphatic heterocycles. The molecule has 2 aromatic carbocycles. The first-order chi connectivity index (χ1) is 14.1. The van der Waals surface area contributed by atoms with Crippen molar-refractivity contribution in [2.24, 2.45) is 5.92 Å². The molecule has 3 rings (SSSR count). The lowest BCUT2D eigenvalue weighted by atomic mass is 9.95. The summed E-state index contributed by atoms with van der Waals surface area (Å²) in [5.74, 6) is 1.83. The smallest absolute Gasteiger partial charge is 0.234 e. The van der Waals surface area contributed by atoms with E-state index in [0.717, 1.165) is 36.6 Å². The van der Waals surface area contributed by atoms with E-state index in [1.807, 2.05) is 36.4 Å². The third-order valence-electron chi connectivity index (χ3n) is 5.18. The van der Waals surface area contributed by atoms with Gasteiger partial charge in [-0.2, -0.15) is 0 Å². The minimum absolute atomic E-state index is 0.0357. The highest BCUT2D eigenvalue weighted by Gasteiger charge is 2.22. The standard InChI is InChI=1S/C24H32N2O3/c1-4-26(16-19-9-6-5-7-10-19)17-23(27)25-24(18(2)3)20-11-12-21-22(15-20)29-14-8-13-28-21/h5-7,9-12,15,18,24H,4,8,13-14,16-17H2,1-3H3,(H,25,27). The zero-order valence-electron chi connectivity index (χ0n) is 17.7. The van der Waals surface area contributed by atoms with Gasteiger partial charge in [0.1, 0.15) is 0 Å². The highest BCUT2D eigenvalue weighted by molar-refractivity contribution is 5.78. The molecule has 156 valence electrons. The predicted octanol–water partition coefficient (Wildman–Crippen LogP) is 4.18.